The van der Waals surface area contributed by atoms with Crippen molar-refractivity contribution in [3.63, 3.8) is 0 Å². The molecular formula is C26H33N5O3S. The molecule has 2 aromatic carbocycles. The Morgan fingerprint density at radius 3 is 2.49 bits per heavy atom. The maximum Gasteiger partial charge on any atom is 0.226 e. The Bertz CT molecular complexity index is 1160. The van der Waals surface area contributed by atoms with Gasteiger partial charge >= 0.3 is 0 Å². The van der Waals surface area contributed by atoms with Crippen molar-refractivity contribution < 1.29 is 14.3 Å². The van der Waals surface area contributed by atoms with E-state index >= 15 is 0 Å². The lowest BCUT2D eigenvalue weighted by atomic mass is 9.98. The Labute approximate surface area is 210 Å². The normalized spacial score (nSPS) is 14.8. The van der Waals surface area contributed by atoms with Gasteiger partial charge in [-0.25, -0.2) is 0 Å². The lowest BCUT2D eigenvalue weighted by Crippen LogP contribution is -2.49. The van der Waals surface area contributed by atoms with E-state index in [0.29, 0.717) is 24.8 Å². The standard InChI is InChI=1S/C26H33N5O3S/c1-26(2,3)24-28-29-25(35-24)27-22(32)11-12-23(33)31-15-13-30(14-16-31)17-18-34-21-10-6-8-19-7-4-5-9-20(19)21/h4-10H,11-18H2,1-3H3,(H,27,29,32). The number of amides is 2. The highest BCUT2D eigenvalue weighted by Crippen LogP contribution is 2.28. The molecule has 4 rings (SSSR count). The van der Waals surface area contributed by atoms with Gasteiger partial charge in [0.05, 0.1) is 0 Å². The second-order valence-corrected chi connectivity index (χ2v) is 10.7. The van der Waals surface area contributed by atoms with Crippen molar-refractivity contribution in [1.29, 1.82) is 0 Å². The maximum atomic E-state index is 12.6. The summed E-state index contributed by atoms with van der Waals surface area (Å²) >= 11 is 1.37. The van der Waals surface area contributed by atoms with Gasteiger partial charge in [-0.05, 0) is 11.5 Å². The lowest BCUT2D eigenvalue weighted by molar-refractivity contribution is -0.134. The molecule has 35 heavy (non-hydrogen) atoms. The van der Waals surface area contributed by atoms with Crippen molar-refractivity contribution >= 4 is 39.1 Å². The molecule has 0 bridgehead atoms. The van der Waals surface area contributed by atoms with Crippen LogP contribution in [-0.2, 0) is 15.0 Å². The summed E-state index contributed by atoms with van der Waals surface area (Å²) in [4.78, 5) is 29.0. The number of ether oxygens (including phenoxy) is 1. The van der Waals surface area contributed by atoms with E-state index in [4.69, 9.17) is 4.74 Å². The number of rotatable bonds is 8. The number of aromatic nitrogens is 2. The molecule has 9 heteroatoms. The fourth-order valence-corrected chi connectivity index (χ4v) is 4.78. The fraction of sp³-hybridized carbons (Fsp3) is 0.462. The summed E-state index contributed by atoms with van der Waals surface area (Å²) in [7, 11) is 0. The highest BCUT2D eigenvalue weighted by molar-refractivity contribution is 7.15. The Hall–Kier alpha value is -3.04. The minimum Gasteiger partial charge on any atom is -0.492 e. The summed E-state index contributed by atoms with van der Waals surface area (Å²) in [6.45, 7) is 10.5. The largest absolute Gasteiger partial charge is 0.492 e. The number of carbonyl (C=O) groups excluding carboxylic acids is 2. The summed E-state index contributed by atoms with van der Waals surface area (Å²) in [5, 5.41) is 14.6. The van der Waals surface area contributed by atoms with Crippen LogP contribution in [-0.4, -0.2) is 71.1 Å². The number of carbonyl (C=O) groups is 2. The summed E-state index contributed by atoms with van der Waals surface area (Å²) in [6.07, 6.45) is 0.337. The highest BCUT2D eigenvalue weighted by Gasteiger charge is 2.23. The molecule has 1 saturated heterocycles. The number of benzene rings is 2. The molecule has 2 heterocycles. The van der Waals surface area contributed by atoms with E-state index in [1.807, 2.05) is 29.2 Å². The molecule has 0 spiro atoms. The van der Waals surface area contributed by atoms with Crippen LogP contribution in [0.5, 0.6) is 5.75 Å². The number of fused-ring (bicyclic) bond motifs is 1. The highest BCUT2D eigenvalue weighted by atomic mass is 32.1. The molecule has 1 aromatic heterocycles. The van der Waals surface area contributed by atoms with Gasteiger partial charge in [-0.3, -0.25) is 14.5 Å². The van der Waals surface area contributed by atoms with E-state index in [2.05, 4.69) is 59.4 Å². The molecule has 3 aromatic rings. The van der Waals surface area contributed by atoms with Crippen molar-refractivity contribution in [2.45, 2.75) is 39.0 Å². The summed E-state index contributed by atoms with van der Waals surface area (Å²) in [5.74, 6) is 0.706. The molecule has 1 aliphatic rings. The number of hydrogen-bond donors (Lipinski definition) is 1. The van der Waals surface area contributed by atoms with Crippen LogP contribution in [0.4, 0.5) is 5.13 Å². The Kier molecular flexibility index (Phi) is 7.97. The van der Waals surface area contributed by atoms with Gasteiger partial charge < -0.3 is 15.0 Å². The van der Waals surface area contributed by atoms with Gasteiger partial charge in [0.15, 0.2) is 0 Å². The monoisotopic (exact) mass is 495 g/mol. The molecule has 2 amide bonds. The summed E-state index contributed by atoms with van der Waals surface area (Å²) in [5.41, 5.74) is -0.110. The van der Waals surface area contributed by atoms with Crippen molar-refractivity contribution in [2.75, 3.05) is 44.6 Å². The molecule has 8 nitrogen and oxygen atoms in total. The number of nitrogens with zero attached hydrogens (tertiary/aromatic N) is 4. The smallest absolute Gasteiger partial charge is 0.226 e. The minimum atomic E-state index is -0.209. The average Bonchev–Trinajstić information content (AvgIpc) is 3.32. The zero-order valence-corrected chi connectivity index (χ0v) is 21.4. The second kappa shape index (κ2) is 11.1. The van der Waals surface area contributed by atoms with Gasteiger partial charge in [-0.1, -0.05) is 68.5 Å². The number of hydrogen-bond acceptors (Lipinski definition) is 7. The predicted octanol–water partition coefficient (Wildman–Crippen LogP) is 3.93. The van der Waals surface area contributed by atoms with Gasteiger partial charge in [0.2, 0.25) is 16.9 Å². The first-order valence-electron chi connectivity index (χ1n) is 12.0. The van der Waals surface area contributed by atoms with Crippen molar-refractivity contribution in [3.8, 4) is 5.75 Å². The first kappa shape index (κ1) is 25.1. The van der Waals surface area contributed by atoms with E-state index in [1.54, 1.807) is 0 Å². The maximum absolute atomic E-state index is 12.6. The minimum absolute atomic E-state index is 0.0134. The molecule has 0 saturated carbocycles. The van der Waals surface area contributed by atoms with Gasteiger partial charge in [0.1, 0.15) is 17.4 Å². The SMILES string of the molecule is CC(C)(C)c1nnc(NC(=O)CCC(=O)N2CCN(CCOc3cccc4ccccc34)CC2)s1. The van der Waals surface area contributed by atoms with Gasteiger partial charge in [-0.2, -0.15) is 0 Å². The Morgan fingerprint density at radius 2 is 1.74 bits per heavy atom. The first-order valence-corrected chi connectivity index (χ1v) is 12.9. The Balaban J connectivity index is 1.15. The average molecular weight is 496 g/mol. The van der Waals surface area contributed by atoms with Crippen molar-refractivity contribution in [3.05, 3.63) is 47.5 Å². The van der Waals surface area contributed by atoms with Crippen molar-refractivity contribution in [2.24, 2.45) is 0 Å². The van der Waals surface area contributed by atoms with Crippen LogP contribution in [0, 0.1) is 0 Å². The molecular weight excluding hydrogens is 462 g/mol. The lowest BCUT2D eigenvalue weighted by Gasteiger charge is -2.34. The Morgan fingerprint density at radius 1 is 1.00 bits per heavy atom. The topological polar surface area (TPSA) is 87.7 Å². The number of piperazine rings is 1. The molecule has 1 aliphatic heterocycles. The number of anilines is 1. The van der Waals surface area contributed by atoms with Crippen molar-refractivity contribution in [1.82, 2.24) is 20.0 Å². The van der Waals surface area contributed by atoms with E-state index in [9.17, 15) is 9.59 Å². The van der Waals surface area contributed by atoms with Crippen LogP contribution in [0.2, 0.25) is 0 Å². The summed E-state index contributed by atoms with van der Waals surface area (Å²) < 4.78 is 6.05. The van der Waals surface area contributed by atoms with E-state index < -0.39 is 0 Å². The van der Waals surface area contributed by atoms with Gasteiger partial charge in [0, 0.05) is 56.4 Å². The zero-order valence-electron chi connectivity index (χ0n) is 20.6. The van der Waals surface area contributed by atoms with E-state index in [0.717, 1.165) is 35.8 Å². The summed E-state index contributed by atoms with van der Waals surface area (Å²) in [6, 6.07) is 14.3. The fourth-order valence-electron chi connectivity index (χ4n) is 3.96. The molecule has 1 N–H and O–H groups in total. The van der Waals surface area contributed by atoms with E-state index in [-0.39, 0.29) is 30.1 Å². The van der Waals surface area contributed by atoms with Gasteiger partial charge in [0.25, 0.3) is 0 Å². The molecule has 0 atom stereocenters. The van der Waals surface area contributed by atoms with Crippen LogP contribution < -0.4 is 10.1 Å². The second-order valence-electron chi connectivity index (χ2n) is 9.76. The van der Waals surface area contributed by atoms with Crippen LogP contribution in [0.1, 0.15) is 38.6 Å². The predicted molar refractivity (Wildman–Crippen MR) is 139 cm³/mol. The van der Waals surface area contributed by atoms with Crippen LogP contribution in [0.25, 0.3) is 10.8 Å². The molecule has 0 unspecified atom stereocenters. The first-order chi connectivity index (χ1) is 16.8. The zero-order chi connectivity index (χ0) is 24.8. The van der Waals surface area contributed by atoms with Crippen LogP contribution in [0.3, 0.4) is 0 Å². The molecule has 0 radical (unpaired) electrons. The van der Waals surface area contributed by atoms with Crippen LogP contribution in [0.15, 0.2) is 42.5 Å². The molecule has 1 fully saturated rings. The quantitative estimate of drug-likeness (QED) is 0.510. The van der Waals surface area contributed by atoms with Crippen LogP contribution >= 0.6 is 11.3 Å². The third-order valence-corrected chi connectivity index (χ3v) is 7.28. The molecule has 0 aliphatic carbocycles. The number of nitrogens with one attached hydrogen (secondary N) is 1. The third-order valence-electron chi connectivity index (χ3n) is 6.02. The van der Waals surface area contributed by atoms with Gasteiger partial charge in [-0.15, -0.1) is 10.2 Å². The third kappa shape index (κ3) is 6.76. The van der Waals surface area contributed by atoms with E-state index in [1.165, 1.54) is 16.7 Å². The molecule has 186 valence electrons.